The summed E-state index contributed by atoms with van der Waals surface area (Å²) in [6.07, 6.45) is 12.4. The predicted molar refractivity (Wildman–Crippen MR) is 87.9 cm³/mol. The molecule has 4 heteroatoms. The van der Waals surface area contributed by atoms with Crippen LogP contribution in [0.25, 0.3) is 0 Å². The van der Waals surface area contributed by atoms with Crippen molar-refractivity contribution in [3.63, 3.8) is 0 Å². The predicted octanol–water partition coefficient (Wildman–Crippen LogP) is 3.61. The third-order valence-corrected chi connectivity index (χ3v) is 6.15. The van der Waals surface area contributed by atoms with Gasteiger partial charge in [0.15, 0.2) is 0 Å². The summed E-state index contributed by atoms with van der Waals surface area (Å²) < 4.78 is 5.95. The number of carbonyl (C=O) groups is 1. The molecule has 3 fully saturated rings. The first-order valence-electron chi connectivity index (χ1n) is 9.25. The molecule has 3 aliphatic rings. The molecule has 0 aromatic carbocycles. The zero-order chi connectivity index (χ0) is 15.5. The highest BCUT2D eigenvalue weighted by Crippen LogP contribution is 2.44. The summed E-state index contributed by atoms with van der Waals surface area (Å²) in [6, 6.07) is 0.0148. The molecule has 0 aromatic heterocycles. The van der Waals surface area contributed by atoms with Gasteiger partial charge in [0.2, 0.25) is 0 Å². The Kier molecular flexibility index (Phi) is 4.96. The van der Waals surface area contributed by atoms with Crippen LogP contribution >= 0.6 is 0 Å². The lowest BCUT2D eigenvalue weighted by Crippen LogP contribution is -2.49. The van der Waals surface area contributed by atoms with E-state index in [2.05, 4.69) is 17.6 Å². The number of amides is 2. The van der Waals surface area contributed by atoms with E-state index in [9.17, 15) is 4.79 Å². The summed E-state index contributed by atoms with van der Waals surface area (Å²) in [5.74, 6) is 0.588. The van der Waals surface area contributed by atoms with E-state index in [1.54, 1.807) is 0 Å². The van der Waals surface area contributed by atoms with Crippen molar-refractivity contribution in [1.29, 1.82) is 0 Å². The minimum Gasteiger partial charge on any atom is -0.375 e. The van der Waals surface area contributed by atoms with Crippen LogP contribution < -0.4 is 10.6 Å². The molecular formula is C18H32N2O2. The van der Waals surface area contributed by atoms with Gasteiger partial charge in [0, 0.05) is 19.7 Å². The molecule has 1 spiro atoms. The van der Waals surface area contributed by atoms with Crippen LogP contribution in [0.15, 0.2) is 0 Å². The number of rotatable bonds is 4. The topological polar surface area (TPSA) is 50.4 Å². The van der Waals surface area contributed by atoms with Gasteiger partial charge in [-0.05, 0) is 56.3 Å². The summed E-state index contributed by atoms with van der Waals surface area (Å²) in [5, 5.41) is 6.19. The fraction of sp³-hybridized carbons (Fsp3) is 0.944. The molecule has 0 aromatic rings. The van der Waals surface area contributed by atoms with Gasteiger partial charge in [-0.1, -0.05) is 26.2 Å². The summed E-state index contributed by atoms with van der Waals surface area (Å²) in [6.45, 7) is 4.79. The van der Waals surface area contributed by atoms with Gasteiger partial charge in [-0.2, -0.15) is 0 Å². The Morgan fingerprint density at radius 3 is 2.55 bits per heavy atom. The molecule has 2 N–H and O–H groups in total. The Morgan fingerprint density at radius 1 is 1.09 bits per heavy atom. The van der Waals surface area contributed by atoms with Gasteiger partial charge in [-0.3, -0.25) is 0 Å². The zero-order valence-corrected chi connectivity index (χ0v) is 14.1. The van der Waals surface area contributed by atoms with Crippen molar-refractivity contribution in [2.24, 2.45) is 11.3 Å². The molecule has 1 heterocycles. The lowest BCUT2D eigenvalue weighted by Gasteiger charge is -2.47. The van der Waals surface area contributed by atoms with Gasteiger partial charge in [-0.25, -0.2) is 4.79 Å². The van der Waals surface area contributed by atoms with E-state index in [-0.39, 0.29) is 11.6 Å². The van der Waals surface area contributed by atoms with Crippen molar-refractivity contribution in [3.8, 4) is 0 Å². The van der Waals surface area contributed by atoms with Crippen LogP contribution in [0.4, 0.5) is 4.79 Å². The standard InChI is InChI=1S/C18H32N2O2/c1-17(7-3-2-4-8-17)14-20-16(21)19-13-15-6-11-22-18(12-15)9-5-10-18/h15H,2-14H2,1H3,(H2,19,20,21). The Balaban J connectivity index is 1.35. The number of hydrogen-bond acceptors (Lipinski definition) is 2. The quantitative estimate of drug-likeness (QED) is 0.833. The molecule has 2 saturated carbocycles. The largest absolute Gasteiger partial charge is 0.375 e. The van der Waals surface area contributed by atoms with Crippen LogP contribution in [0, 0.1) is 11.3 Å². The van der Waals surface area contributed by atoms with Crippen LogP contribution in [0.5, 0.6) is 0 Å². The van der Waals surface area contributed by atoms with E-state index in [1.807, 2.05) is 0 Å². The number of ether oxygens (including phenoxy) is 1. The second-order valence-electron chi connectivity index (χ2n) is 8.18. The Hall–Kier alpha value is -0.770. The van der Waals surface area contributed by atoms with Gasteiger partial charge < -0.3 is 15.4 Å². The molecule has 1 aliphatic heterocycles. The average molecular weight is 308 g/mol. The first-order chi connectivity index (χ1) is 10.6. The van der Waals surface area contributed by atoms with Crippen molar-refractivity contribution in [3.05, 3.63) is 0 Å². The normalized spacial score (nSPS) is 29.6. The van der Waals surface area contributed by atoms with Crippen LogP contribution in [0.3, 0.4) is 0 Å². The molecule has 126 valence electrons. The molecule has 1 saturated heterocycles. The lowest BCUT2D eigenvalue weighted by molar-refractivity contribution is -0.142. The minimum atomic E-state index is 0.0148. The van der Waals surface area contributed by atoms with Gasteiger partial charge in [-0.15, -0.1) is 0 Å². The Labute approximate surface area is 134 Å². The third-order valence-electron chi connectivity index (χ3n) is 6.15. The fourth-order valence-electron chi connectivity index (χ4n) is 4.40. The van der Waals surface area contributed by atoms with Gasteiger partial charge in [0.1, 0.15) is 0 Å². The van der Waals surface area contributed by atoms with Crippen molar-refractivity contribution < 1.29 is 9.53 Å². The maximum Gasteiger partial charge on any atom is 0.314 e. The van der Waals surface area contributed by atoms with E-state index in [4.69, 9.17) is 4.74 Å². The number of nitrogens with one attached hydrogen (secondary N) is 2. The van der Waals surface area contributed by atoms with Crippen LogP contribution in [-0.2, 0) is 4.74 Å². The van der Waals surface area contributed by atoms with Gasteiger partial charge in [0.25, 0.3) is 0 Å². The van der Waals surface area contributed by atoms with E-state index in [0.717, 1.165) is 32.5 Å². The van der Waals surface area contributed by atoms with Crippen molar-refractivity contribution in [2.45, 2.75) is 76.7 Å². The van der Waals surface area contributed by atoms with E-state index in [1.165, 1.54) is 51.4 Å². The van der Waals surface area contributed by atoms with E-state index in [0.29, 0.717) is 11.3 Å². The highest BCUT2D eigenvalue weighted by atomic mass is 16.5. The van der Waals surface area contributed by atoms with E-state index >= 15 is 0 Å². The highest BCUT2D eigenvalue weighted by Gasteiger charge is 2.42. The second kappa shape index (κ2) is 6.77. The van der Waals surface area contributed by atoms with Crippen LogP contribution in [-0.4, -0.2) is 31.3 Å². The molecule has 2 amide bonds. The summed E-state index contributed by atoms with van der Waals surface area (Å²) in [5.41, 5.74) is 0.487. The fourth-order valence-corrected chi connectivity index (χ4v) is 4.40. The van der Waals surface area contributed by atoms with Crippen LogP contribution in [0.2, 0.25) is 0 Å². The maximum atomic E-state index is 12.1. The van der Waals surface area contributed by atoms with Crippen molar-refractivity contribution >= 4 is 6.03 Å². The second-order valence-corrected chi connectivity index (χ2v) is 8.18. The smallest absolute Gasteiger partial charge is 0.314 e. The summed E-state index contributed by atoms with van der Waals surface area (Å²) >= 11 is 0. The average Bonchev–Trinajstić information content (AvgIpc) is 2.50. The SMILES string of the molecule is CC1(CNC(=O)NCC2CCOC3(CCC3)C2)CCCCC1. The molecule has 1 atom stereocenters. The lowest BCUT2D eigenvalue weighted by atomic mass is 9.72. The molecule has 1 unspecified atom stereocenters. The highest BCUT2D eigenvalue weighted by molar-refractivity contribution is 5.73. The summed E-state index contributed by atoms with van der Waals surface area (Å²) in [4.78, 5) is 12.1. The van der Waals surface area contributed by atoms with Gasteiger partial charge in [0.05, 0.1) is 5.60 Å². The van der Waals surface area contributed by atoms with Crippen molar-refractivity contribution in [2.75, 3.05) is 19.7 Å². The number of hydrogen-bond donors (Lipinski definition) is 2. The molecule has 0 radical (unpaired) electrons. The Morgan fingerprint density at radius 2 is 1.86 bits per heavy atom. The molecule has 0 bridgehead atoms. The summed E-state index contributed by atoms with van der Waals surface area (Å²) in [7, 11) is 0. The molecular weight excluding hydrogens is 276 g/mol. The third kappa shape index (κ3) is 3.95. The number of carbonyl (C=O) groups excluding carboxylic acids is 1. The first-order valence-corrected chi connectivity index (χ1v) is 9.25. The molecule has 3 rings (SSSR count). The maximum absolute atomic E-state index is 12.1. The van der Waals surface area contributed by atoms with E-state index < -0.39 is 0 Å². The zero-order valence-electron chi connectivity index (χ0n) is 14.1. The molecule has 2 aliphatic carbocycles. The number of urea groups is 1. The molecule has 4 nitrogen and oxygen atoms in total. The van der Waals surface area contributed by atoms with Crippen molar-refractivity contribution in [1.82, 2.24) is 10.6 Å². The van der Waals surface area contributed by atoms with Gasteiger partial charge >= 0.3 is 6.03 Å². The first kappa shape index (κ1) is 16.1. The minimum absolute atomic E-state index is 0.0148. The Bertz CT molecular complexity index is 387. The van der Waals surface area contributed by atoms with Crippen LogP contribution in [0.1, 0.15) is 71.1 Å². The monoisotopic (exact) mass is 308 g/mol. The molecule has 22 heavy (non-hydrogen) atoms.